The Balaban J connectivity index is 0.890. The van der Waals surface area contributed by atoms with Gasteiger partial charge in [-0.3, -0.25) is 19.3 Å². The molecular formula is C41H49FN6O4. The maximum absolute atomic E-state index is 16.6. The number of carbonyl (C=O) groups is 3. The number of para-hydroxylation sites is 2. The lowest BCUT2D eigenvalue weighted by Crippen LogP contribution is -2.73. The van der Waals surface area contributed by atoms with Crippen LogP contribution in [0.15, 0.2) is 72.6 Å². The molecular weight excluding hydrogens is 659 g/mol. The quantitative estimate of drug-likeness (QED) is 0.355. The molecule has 2 aliphatic carbocycles. The first-order chi connectivity index (χ1) is 25.4. The van der Waals surface area contributed by atoms with Gasteiger partial charge in [0, 0.05) is 86.6 Å². The highest BCUT2D eigenvalue weighted by atomic mass is 19.1. The summed E-state index contributed by atoms with van der Waals surface area (Å²) < 4.78 is 23.5. The van der Waals surface area contributed by atoms with Crippen LogP contribution in [0.4, 0.5) is 10.1 Å². The van der Waals surface area contributed by atoms with Gasteiger partial charge in [-0.05, 0) is 55.9 Å². The van der Waals surface area contributed by atoms with E-state index in [9.17, 15) is 14.4 Å². The predicted octanol–water partition coefficient (Wildman–Crippen LogP) is 4.21. The lowest BCUT2D eigenvalue weighted by atomic mass is 9.69. The topological polar surface area (TPSA) is 101 Å². The highest BCUT2D eigenvalue weighted by Crippen LogP contribution is 2.47. The number of anilines is 1. The van der Waals surface area contributed by atoms with Crippen molar-refractivity contribution < 1.29 is 23.5 Å². The number of nitrogens with zero attached hydrogens (tertiary/aromatic N) is 4. The van der Waals surface area contributed by atoms with E-state index in [0.29, 0.717) is 52.1 Å². The first kappa shape index (κ1) is 33.6. The summed E-state index contributed by atoms with van der Waals surface area (Å²) in [6.07, 6.45) is 7.79. The molecule has 274 valence electrons. The summed E-state index contributed by atoms with van der Waals surface area (Å²) in [4.78, 5) is 53.2. The molecule has 52 heavy (non-hydrogen) atoms. The average molecular weight is 709 g/mol. The molecule has 8 atom stereocenters. The summed E-state index contributed by atoms with van der Waals surface area (Å²) in [5.74, 6) is -1.09. The number of alkyl halides is 1. The van der Waals surface area contributed by atoms with E-state index in [-0.39, 0.29) is 53.8 Å². The van der Waals surface area contributed by atoms with Crippen LogP contribution in [0.1, 0.15) is 50.5 Å². The Hall–Kier alpha value is -4.22. The van der Waals surface area contributed by atoms with Gasteiger partial charge in [-0.1, -0.05) is 49.2 Å². The molecule has 10 nitrogen and oxygen atoms in total. The lowest BCUT2D eigenvalue weighted by molar-refractivity contribution is -0.210. The van der Waals surface area contributed by atoms with Gasteiger partial charge in [0.2, 0.25) is 5.91 Å². The van der Waals surface area contributed by atoms with Crippen molar-refractivity contribution in [3.05, 3.63) is 78.1 Å². The zero-order valence-corrected chi connectivity index (χ0v) is 29.7. The summed E-state index contributed by atoms with van der Waals surface area (Å²) in [7, 11) is 0. The van der Waals surface area contributed by atoms with Gasteiger partial charge in [-0.15, -0.1) is 0 Å². The number of carbonyl (C=O) groups excluding carboxylic acids is 3. The van der Waals surface area contributed by atoms with Crippen molar-refractivity contribution in [3.8, 4) is 0 Å². The number of H-pyrrole nitrogens is 1. The van der Waals surface area contributed by atoms with Gasteiger partial charge >= 0.3 is 0 Å². The third-order valence-corrected chi connectivity index (χ3v) is 12.8. The van der Waals surface area contributed by atoms with Crippen molar-refractivity contribution in [3.63, 3.8) is 0 Å². The van der Waals surface area contributed by atoms with Crippen LogP contribution in [0.25, 0.3) is 10.9 Å². The maximum atomic E-state index is 16.6. The summed E-state index contributed by atoms with van der Waals surface area (Å²) in [6.45, 7) is 3.68. The Morgan fingerprint density at radius 2 is 1.71 bits per heavy atom. The number of aromatic nitrogens is 1. The van der Waals surface area contributed by atoms with E-state index in [4.69, 9.17) is 4.74 Å². The number of piperazine rings is 1. The number of likely N-dealkylation sites (tertiary alicyclic amines) is 1. The van der Waals surface area contributed by atoms with E-state index in [2.05, 4.69) is 43.2 Å². The van der Waals surface area contributed by atoms with Gasteiger partial charge in [0.25, 0.3) is 5.91 Å². The molecule has 0 spiro atoms. The molecule has 2 saturated carbocycles. The van der Waals surface area contributed by atoms with Crippen molar-refractivity contribution in [1.82, 2.24) is 25.0 Å². The highest BCUT2D eigenvalue weighted by molar-refractivity contribution is 6.20. The Bertz CT molecular complexity index is 1840. The number of amides is 2. The number of halogens is 1. The fourth-order valence-corrected chi connectivity index (χ4v) is 10.2. The number of hydrogen-bond acceptors (Lipinski definition) is 7. The number of fused-ring (bicyclic) bond motifs is 3. The van der Waals surface area contributed by atoms with Gasteiger partial charge in [0.1, 0.15) is 6.17 Å². The van der Waals surface area contributed by atoms with Gasteiger partial charge in [-0.25, -0.2) is 4.39 Å². The Labute approximate surface area is 304 Å². The number of ether oxygens (including phenoxy) is 1. The Kier molecular flexibility index (Phi) is 9.03. The molecule has 1 aromatic heterocycles. The fourth-order valence-electron chi connectivity index (χ4n) is 10.2. The zero-order chi connectivity index (χ0) is 35.3. The number of aromatic amines is 1. The standard InChI is InChI=1S/C41H49FN6O4/c42-32-22-30-37-40(38(32)47-17-16-27(24-47)44-36(49)15-14-26-23-43-33-11-5-4-10-29(26)33)52-35-13-7-6-12-34(35)48(37)25-31(39(30)50)41(51)46-20-18-45(19-21-46)28-8-2-1-3-9-28/h1-5,8-11,23,25,27,30,32,34-35,37-38,40,43H,6-7,12-22,24H2,(H,44,49). The number of ketones is 1. The molecule has 4 aliphatic heterocycles. The van der Waals surface area contributed by atoms with Crippen LogP contribution >= 0.6 is 0 Å². The van der Waals surface area contributed by atoms with E-state index < -0.39 is 24.2 Å². The van der Waals surface area contributed by atoms with Crippen molar-refractivity contribution in [2.24, 2.45) is 5.92 Å². The van der Waals surface area contributed by atoms with Crippen LogP contribution in [0.2, 0.25) is 0 Å². The SMILES string of the molecule is O=C(CCc1c[nH]c2ccccc12)NC1CCN(C2C(F)CC3C(=O)C(C(=O)N4CCN(c5ccccc5)CC4)=CN4C5CCCCC5OC2C34)C1. The molecule has 5 fully saturated rings. The zero-order valence-electron chi connectivity index (χ0n) is 29.7. The van der Waals surface area contributed by atoms with E-state index in [0.717, 1.165) is 54.3 Å². The van der Waals surface area contributed by atoms with Gasteiger partial charge in [0.15, 0.2) is 5.78 Å². The number of Topliss-reactive ketones (excluding diaryl/α,β-unsaturated/α-hetero) is 1. The summed E-state index contributed by atoms with van der Waals surface area (Å²) in [6, 6.07) is 17.5. The average Bonchev–Trinajstić information content (AvgIpc) is 3.82. The summed E-state index contributed by atoms with van der Waals surface area (Å²) in [5.41, 5.74) is 3.54. The third kappa shape index (κ3) is 6.09. The van der Waals surface area contributed by atoms with Crippen LogP contribution < -0.4 is 10.2 Å². The van der Waals surface area contributed by atoms with Crippen LogP contribution in [0, 0.1) is 5.92 Å². The van der Waals surface area contributed by atoms with Gasteiger partial charge < -0.3 is 29.7 Å². The van der Waals surface area contributed by atoms with E-state index in [1.807, 2.05) is 48.8 Å². The minimum Gasteiger partial charge on any atom is -0.369 e. The van der Waals surface area contributed by atoms with Crippen LogP contribution in [-0.2, 0) is 25.5 Å². The van der Waals surface area contributed by atoms with Crippen LogP contribution in [0.3, 0.4) is 0 Å². The number of nitrogens with one attached hydrogen (secondary N) is 2. The monoisotopic (exact) mass is 708 g/mol. The molecule has 8 unspecified atom stereocenters. The highest BCUT2D eigenvalue weighted by Gasteiger charge is 2.60. The van der Waals surface area contributed by atoms with Crippen molar-refractivity contribution in [2.75, 3.05) is 44.2 Å². The number of hydrogen-bond donors (Lipinski definition) is 2. The number of morpholine rings is 1. The predicted molar refractivity (Wildman–Crippen MR) is 196 cm³/mol. The van der Waals surface area contributed by atoms with Crippen LogP contribution in [-0.4, -0.2) is 119 Å². The molecule has 5 heterocycles. The second-order valence-corrected chi connectivity index (χ2v) is 15.7. The number of aryl methyl sites for hydroxylation is 1. The third-order valence-electron chi connectivity index (χ3n) is 12.8. The Morgan fingerprint density at radius 1 is 0.923 bits per heavy atom. The summed E-state index contributed by atoms with van der Waals surface area (Å²) >= 11 is 0. The maximum Gasteiger partial charge on any atom is 0.259 e. The van der Waals surface area contributed by atoms with Crippen LogP contribution in [0.5, 0.6) is 0 Å². The Morgan fingerprint density at radius 3 is 2.56 bits per heavy atom. The molecule has 0 radical (unpaired) electrons. The minimum absolute atomic E-state index is 0.00414. The minimum atomic E-state index is -1.28. The fraction of sp³-hybridized carbons (Fsp3) is 0.537. The number of rotatable bonds is 7. The van der Waals surface area contributed by atoms with E-state index in [1.54, 1.807) is 4.90 Å². The van der Waals surface area contributed by atoms with Crippen molar-refractivity contribution in [2.45, 2.75) is 93.9 Å². The van der Waals surface area contributed by atoms with Crippen molar-refractivity contribution in [1.29, 1.82) is 0 Å². The van der Waals surface area contributed by atoms with Gasteiger partial charge in [0.05, 0.1) is 35.9 Å². The molecule has 11 heteroatoms. The van der Waals surface area contributed by atoms with Crippen molar-refractivity contribution >= 4 is 34.2 Å². The van der Waals surface area contributed by atoms with E-state index in [1.165, 1.54) is 0 Å². The summed E-state index contributed by atoms with van der Waals surface area (Å²) in [5, 5.41) is 4.37. The largest absolute Gasteiger partial charge is 0.369 e. The smallest absolute Gasteiger partial charge is 0.259 e. The normalized spacial score (nSPS) is 32.0. The second-order valence-electron chi connectivity index (χ2n) is 15.7. The van der Waals surface area contributed by atoms with Gasteiger partial charge in [-0.2, -0.15) is 0 Å². The first-order valence-corrected chi connectivity index (χ1v) is 19.4. The van der Waals surface area contributed by atoms with E-state index >= 15 is 4.39 Å². The molecule has 6 aliphatic rings. The lowest BCUT2D eigenvalue weighted by Gasteiger charge is -2.60. The molecule has 2 aromatic carbocycles. The molecule has 3 saturated heterocycles. The molecule has 9 rings (SSSR count). The molecule has 3 aromatic rings. The number of benzene rings is 2. The first-order valence-electron chi connectivity index (χ1n) is 19.4. The molecule has 2 amide bonds. The second kappa shape index (κ2) is 14.0. The molecule has 2 N–H and O–H groups in total. The molecule has 0 bridgehead atoms.